The van der Waals surface area contributed by atoms with Gasteiger partial charge in [-0.25, -0.2) is 0 Å². The minimum absolute atomic E-state index is 0.310. The van der Waals surface area contributed by atoms with Crippen molar-refractivity contribution in [3.05, 3.63) is 40.5 Å². The molecule has 0 spiro atoms. The lowest BCUT2D eigenvalue weighted by Gasteiger charge is -2.10. The maximum Gasteiger partial charge on any atom is 0.163 e. The second kappa shape index (κ2) is 3.65. The van der Waals surface area contributed by atoms with Crippen LogP contribution in [0.2, 0.25) is 0 Å². The molecule has 1 aliphatic carbocycles. The van der Waals surface area contributed by atoms with Gasteiger partial charge in [-0.15, -0.1) is 0 Å². The molecule has 1 aromatic rings. The van der Waals surface area contributed by atoms with Crippen LogP contribution in [0.25, 0.3) is 5.57 Å². The number of rotatable bonds is 1. The standard InChI is InChI=1S/C14H16O/c1-9-5-4-6-10(2)13(9)14-11(3)7-8-12(14)15/h4-6H,7-8H2,1-3H3. The van der Waals surface area contributed by atoms with Crippen molar-refractivity contribution in [3.63, 3.8) is 0 Å². The summed E-state index contributed by atoms with van der Waals surface area (Å²) in [6, 6.07) is 6.20. The number of ketones is 1. The second-order valence-electron chi connectivity index (χ2n) is 4.35. The van der Waals surface area contributed by atoms with Crippen LogP contribution in [0.15, 0.2) is 23.8 Å². The molecule has 0 aromatic heterocycles. The van der Waals surface area contributed by atoms with Crippen LogP contribution in [0, 0.1) is 13.8 Å². The van der Waals surface area contributed by atoms with Crippen molar-refractivity contribution in [1.82, 2.24) is 0 Å². The van der Waals surface area contributed by atoms with Crippen molar-refractivity contribution < 1.29 is 4.79 Å². The fourth-order valence-corrected chi connectivity index (χ4v) is 2.35. The van der Waals surface area contributed by atoms with E-state index in [1.54, 1.807) is 0 Å². The summed E-state index contributed by atoms with van der Waals surface area (Å²) in [5.74, 6) is 0.310. The van der Waals surface area contributed by atoms with Crippen LogP contribution in [0.5, 0.6) is 0 Å². The summed E-state index contributed by atoms with van der Waals surface area (Å²) >= 11 is 0. The monoisotopic (exact) mass is 200 g/mol. The first kappa shape index (κ1) is 10.2. The molecule has 0 radical (unpaired) electrons. The molecule has 1 aliphatic rings. The van der Waals surface area contributed by atoms with Crippen LogP contribution in [0.3, 0.4) is 0 Å². The molecule has 1 heteroatoms. The van der Waals surface area contributed by atoms with Gasteiger partial charge in [0, 0.05) is 12.0 Å². The van der Waals surface area contributed by atoms with Crippen LogP contribution < -0.4 is 0 Å². The van der Waals surface area contributed by atoms with E-state index in [0.29, 0.717) is 12.2 Å². The number of hydrogen-bond donors (Lipinski definition) is 0. The number of aryl methyl sites for hydroxylation is 2. The van der Waals surface area contributed by atoms with E-state index in [4.69, 9.17) is 0 Å². The maximum absolute atomic E-state index is 11.8. The molecule has 0 aliphatic heterocycles. The molecule has 0 N–H and O–H groups in total. The van der Waals surface area contributed by atoms with Crippen molar-refractivity contribution in [2.24, 2.45) is 0 Å². The van der Waals surface area contributed by atoms with Gasteiger partial charge in [-0.05, 0) is 43.9 Å². The van der Waals surface area contributed by atoms with Crippen LogP contribution in [0.1, 0.15) is 36.5 Å². The minimum Gasteiger partial charge on any atom is -0.294 e. The summed E-state index contributed by atoms with van der Waals surface area (Å²) in [5.41, 5.74) is 5.81. The summed E-state index contributed by atoms with van der Waals surface area (Å²) < 4.78 is 0. The Labute approximate surface area is 90.8 Å². The average Bonchev–Trinajstić information content (AvgIpc) is 2.49. The Hall–Kier alpha value is -1.37. The van der Waals surface area contributed by atoms with Crippen molar-refractivity contribution in [2.75, 3.05) is 0 Å². The average molecular weight is 200 g/mol. The number of Topliss-reactive ketones (excluding diaryl/α,β-unsaturated/α-hetero) is 1. The van der Waals surface area contributed by atoms with E-state index in [1.165, 1.54) is 16.7 Å². The summed E-state index contributed by atoms with van der Waals surface area (Å²) in [6.45, 7) is 6.23. The van der Waals surface area contributed by atoms with Crippen LogP contribution in [-0.2, 0) is 4.79 Å². The molecule has 1 nitrogen and oxygen atoms in total. The molecule has 0 heterocycles. The first-order valence-electron chi connectivity index (χ1n) is 5.41. The summed E-state index contributed by atoms with van der Waals surface area (Å²) in [5, 5.41) is 0. The van der Waals surface area contributed by atoms with Crippen molar-refractivity contribution in [3.8, 4) is 0 Å². The smallest absolute Gasteiger partial charge is 0.163 e. The summed E-state index contributed by atoms with van der Waals surface area (Å²) in [6.07, 6.45) is 1.62. The topological polar surface area (TPSA) is 17.1 Å². The van der Waals surface area contributed by atoms with Gasteiger partial charge in [0.2, 0.25) is 0 Å². The van der Waals surface area contributed by atoms with Gasteiger partial charge in [-0.1, -0.05) is 23.8 Å². The van der Waals surface area contributed by atoms with Gasteiger partial charge in [0.05, 0.1) is 0 Å². The normalized spacial score (nSPS) is 16.3. The number of carbonyl (C=O) groups excluding carboxylic acids is 1. The van der Waals surface area contributed by atoms with Crippen molar-refractivity contribution in [2.45, 2.75) is 33.6 Å². The molecular weight excluding hydrogens is 184 g/mol. The highest BCUT2D eigenvalue weighted by Gasteiger charge is 2.23. The Morgan fingerprint density at radius 1 is 1.00 bits per heavy atom. The van der Waals surface area contributed by atoms with Gasteiger partial charge in [0.15, 0.2) is 5.78 Å². The van der Waals surface area contributed by atoms with E-state index >= 15 is 0 Å². The molecular formula is C14H16O. The second-order valence-corrected chi connectivity index (χ2v) is 4.35. The number of benzene rings is 1. The molecule has 0 fully saturated rings. The van der Waals surface area contributed by atoms with Crippen LogP contribution in [0.4, 0.5) is 0 Å². The number of allylic oxidation sites excluding steroid dienone is 2. The van der Waals surface area contributed by atoms with Gasteiger partial charge >= 0.3 is 0 Å². The van der Waals surface area contributed by atoms with E-state index in [2.05, 4.69) is 32.9 Å². The largest absolute Gasteiger partial charge is 0.294 e. The molecule has 0 bridgehead atoms. The summed E-state index contributed by atoms with van der Waals surface area (Å²) in [4.78, 5) is 11.8. The highest BCUT2D eigenvalue weighted by atomic mass is 16.1. The van der Waals surface area contributed by atoms with E-state index < -0.39 is 0 Å². The summed E-state index contributed by atoms with van der Waals surface area (Å²) in [7, 11) is 0. The molecule has 0 saturated heterocycles. The van der Waals surface area contributed by atoms with Crippen LogP contribution in [-0.4, -0.2) is 5.78 Å². The SMILES string of the molecule is CC1=C(c2c(C)cccc2C)C(=O)CC1. The van der Waals surface area contributed by atoms with Crippen molar-refractivity contribution in [1.29, 1.82) is 0 Å². The van der Waals surface area contributed by atoms with Gasteiger partial charge in [-0.2, -0.15) is 0 Å². The molecule has 78 valence electrons. The molecule has 1 aromatic carbocycles. The van der Waals surface area contributed by atoms with Gasteiger partial charge in [0.25, 0.3) is 0 Å². The Balaban J connectivity index is 2.64. The highest BCUT2D eigenvalue weighted by Crippen LogP contribution is 2.34. The molecule has 0 saturated carbocycles. The predicted octanol–water partition coefficient (Wildman–Crippen LogP) is 3.44. The van der Waals surface area contributed by atoms with E-state index in [1.807, 2.05) is 6.07 Å². The van der Waals surface area contributed by atoms with Gasteiger partial charge in [0.1, 0.15) is 0 Å². The molecule has 0 atom stereocenters. The van der Waals surface area contributed by atoms with E-state index in [9.17, 15) is 4.79 Å². The number of carbonyl (C=O) groups is 1. The van der Waals surface area contributed by atoms with Crippen LogP contribution >= 0.6 is 0 Å². The fraction of sp³-hybridized carbons (Fsp3) is 0.357. The first-order chi connectivity index (χ1) is 7.11. The Morgan fingerprint density at radius 2 is 1.60 bits per heavy atom. The Kier molecular flexibility index (Phi) is 2.47. The zero-order valence-electron chi connectivity index (χ0n) is 9.55. The highest BCUT2D eigenvalue weighted by molar-refractivity contribution is 6.24. The Bertz CT molecular complexity index is 432. The Morgan fingerprint density at radius 3 is 2.07 bits per heavy atom. The van der Waals surface area contributed by atoms with Gasteiger partial charge < -0.3 is 0 Å². The van der Waals surface area contributed by atoms with Crippen molar-refractivity contribution >= 4 is 11.4 Å². The third kappa shape index (κ3) is 1.63. The molecule has 15 heavy (non-hydrogen) atoms. The quantitative estimate of drug-likeness (QED) is 0.678. The lowest BCUT2D eigenvalue weighted by atomic mass is 9.93. The minimum atomic E-state index is 0.310. The number of hydrogen-bond acceptors (Lipinski definition) is 1. The lowest BCUT2D eigenvalue weighted by molar-refractivity contribution is -0.113. The fourth-order valence-electron chi connectivity index (χ4n) is 2.35. The first-order valence-corrected chi connectivity index (χ1v) is 5.41. The zero-order chi connectivity index (χ0) is 11.0. The van der Waals surface area contributed by atoms with Gasteiger partial charge in [-0.3, -0.25) is 4.79 Å². The zero-order valence-corrected chi connectivity index (χ0v) is 9.55. The van der Waals surface area contributed by atoms with E-state index in [-0.39, 0.29) is 0 Å². The third-order valence-corrected chi connectivity index (χ3v) is 3.16. The molecule has 2 rings (SSSR count). The predicted molar refractivity (Wildman–Crippen MR) is 62.8 cm³/mol. The maximum atomic E-state index is 11.8. The molecule has 0 unspecified atom stereocenters. The third-order valence-electron chi connectivity index (χ3n) is 3.16. The lowest BCUT2D eigenvalue weighted by Crippen LogP contribution is -2.00. The van der Waals surface area contributed by atoms with E-state index in [0.717, 1.165) is 17.6 Å². The molecule has 0 amide bonds.